The molecule has 1 amide bonds. The molecule has 0 spiro atoms. The minimum absolute atomic E-state index is 0.0875. The first-order chi connectivity index (χ1) is 11.3. The van der Waals surface area contributed by atoms with Crippen molar-refractivity contribution in [3.8, 4) is 10.6 Å². The van der Waals surface area contributed by atoms with Gasteiger partial charge < -0.3 is 10.4 Å². The van der Waals surface area contributed by atoms with Gasteiger partial charge in [-0.15, -0.1) is 11.3 Å². The normalized spacial score (nSPS) is 12.2. The van der Waals surface area contributed by atoms with Crippen LogP contribution in [-0.4, -0.2) is 28.0 Å². The Bertz CT molecular complexity index is 707. The zero-order chi connectivity index (χ0) is 17.7. The number of hydrogen-bond donors (Lipinski definition) is 2. The third kappa shape index (κ3) is 5.16. The number of carbonyl (C=O) groups is 2. The van der Waals surface area contributed by atoms with E-state index in [-0.39, 0.29) is 18.2 Å². The quantitative estimate of drug-likeness (QED) is 0.806. The van der Waals surface area contributed by atoms with E-state index >= 15 is 0 Å². The molecule has 5 nitrogen and oxygen atoms in total. The van der Waals surface area contributed by atoms with E-state index in [9.17, 15) is 14.7 Å². The molecule has 128 valence electrons. The Hall–Kier alpha value is -2.21. The summed E-state index contributed by atoms with van der Waals surface area (Å²) in [5, 5.41) is 14.5. The van der Waals surface area contributed by atoms with Gasteiger partial charge in [0.25, 0.3) is 0 Å². The molecule has 2 aromatic rings. The lowest BCUT2D eigenvalue weighted by Crippen LogP contribution is -2.42. The molecule has 0 aliphatic heterocycles. The molecule has 1 heterocycles. The number of benzene rings is 1. The summed E-state index contributed by atoms with van der Waals surface area (Å²) in [6.45, 7) is 5.88. The first kappa shape index (κ1) is 18.1. The summed E-state index contributed by atoms with van der Waals surface area (Å²) in [6, 6.07) is 7.19. The van der Waals surface area contributed by atoms with Crippen LogP contribution in [0, 0.1) is 12.8 Å². The number of carboxylic acids is 1. The van der Waals surface area contributed by atoms with Gasteiger partial charge in [0.2, 0.25) is 5.91 Å². The molecule has 0 bridgehead atoms. The van der Waals surface area contributed by atoms with Crippen LogP contribution in [0.4, 0.5) is 0 Å². The fourth-order valence-electron chi connectivity index (χ4n) is 2.32. The van der Waals surface area contributed by atoms with Gasteiger partial charge in [-0.3, -0.25) is 4.79 Å². The van der Waals surface area contributed by atoms with Crippen LogP contribution >= 0.6 is 11.3 Å². The van der Waals surface area contributed by atoms with E-state index in [1.807, 2.05) is 50.4 Å². The van der Waals surface area contributed by atoms with Gasteiger partial charge in [-0.2, -0.15) is 0 Å². The highest BCUT2D eigenvalue weighted by Crippen LogP contribution is 2.24. The highest BCUT2D eigenvalue weighted by atomic mass is 32.1. The predicted octanol–water partition coefficient (Wildman–Crippen LogP) is 3.28. The maximum absolute atomic E-state index is 12.1. The van der Waals surface area contributed by atoms with E-state index in [0.717, 1.165) is 10.6 Å². The lowest BCUT2D eigenvalue weighted by molar-refractivity contribution is -0.142. The lowest BCUT2D eigenvalue weighted by atomic mass is 10.0. The average Bonchev–Trinajstić information content (AvgIpc) is 2.95. The molecular formula is C18H22N2O3S. The highest BCUT2D eigenvalue weighted by Gasteiger charge is 2.21. The van der Waals surface area contributed by atoms with E-state index in [0.29, 0.717) is 12.1 Å². The monoisotopic (exact) mass is 346 g/mol. The number of carbonyl (C=O) groups excluding carboxylic acids is 1. The van der Waals surface area contributed by atoms with Crippen molar-refractivity contribution in [1.29, 1.82) is 0 Å². The van der Waals surface area contributed by atoms with Gasteiger partial charge in [-0.1, -0.05) is 43.7 Å². The number of aryl methyl sites for hydroxylation is 1. The van der Waals surface area contributed by atoms with Crippen molar-refractivity contribution >= 4 is 23.2 Å². The third-order valence-corrected chi connectivity index (χ3v) is 4.47. The summed E-state index contributed by atoms with van der Waals surface area (Å²) in [6.07, 6.45) is 0.497. The molecule has 2 rings (SSSR count). The van der Waals surface area contributed by atoms with Crippen LogP contribution < -0.4 is 5.32 Å². The Kier molecular flexibility index (Phi) is 6.09. The van der Waals surface area contributed by atoms with Crippen molar-refractivity contribution in [1.82, 2.24) is 10.3 Å². The minimum atomic E-state index is -1.00. The van der Waals surface area contributed by atoms with Gasteiger partial charge in [0.15, 0.2) is 0 Å². The summed E-state index contributed by atoms with van der Waals surface area (Å²) in [4.78, 5) is 27.8. The van der Waals surface area contributed by atoms with E-state index in [4.69, 9.17) is 0 Å². The Morgan fingerprint density at radius 1 is 1.25 bits per heavy atom. The van der Waals surface area contributed by atoms with Crippen LogP contribution in [-0.2, 0) is 16.0 Å². The number of amides is 1. The van der Waals surface area contributed by atoms with Gasteiger partial charge in [-0.05, 0) is 19.3 Å². The Balaban J connectivity index is 1.99. The molecule has 1 aromatic heterocycles. The fourth-order valence-corrected chi connectivity index (χ4v) is 3.15. The van der Waals surface area contributed by atoms with E-state index in [1.165, 1.54) is 16.9 Å². The molecule has 0 saturated carbocycles. The second-order valence-electron chi connectivity index (χ2n) is 6.27. The molecule has 2 N–H and O–H groups in total. The second kappa shape index (κ2) is 8.06. The second-order valence-corrected chi connectivity index (χ2v) is 7.13. The molecule has 0 fully saturated rings. The first-order valence-corrected chi connectivity index (χ1v) is 8.76. The summed E-state index contributed by atoms with van der Waals surface area (Å²) < 4.78 is 0. The van der Waals surface area contributed by atoms with Gasteiger partial charge in [-0.25, -0.2) is 9.78 Å². The van der Waals surface area contributed by atoms with Gasteiger partial charge in [0, 0.05) is 10.9 Å². The third-order valence-electron chi connectivity index (χ3n) is 3.53. The Morgan fingerprint density at radius 3 is 2.50 bits per heavy atom. The fraction of sp³-hybridized carbons (Fsp3) is 0.389. The van der Waals surface area contributed by atoms with Crippen molar-refractivity contribution in [3.63, 3.8) is 0 Å². The van der Waals surface area contributed by atoms with Crippen LogP contribution in [0.5, 0.6) is 0 Å². The minimum Gasteiger partial charge on any atom is -0.480 e. The maximum atomic E-state index is 12.1. The molecular weight excluding hydrogens is 324 g/mol. The molecule has 1 atom stereocenters. The summed E-state index contributed by atoms with van der Waals surface area (Å²) in [7, 11) is 0. The van der Waals surface area contributed by atoms with Crippen molar-refractivity contribution in [2.75, 3.05) is 0 Å². The van der Waals surface area contributed by atoms with Crippen molar-refractivity contribution in [2.45, 2.75) is 39.7 Å². The smallest absolute Gasteiger partial charge is 0.326 e. The highest BCUT2D eigenvalue weighted by molar-refractivity contribution is 7.13. The van der Waals surface area contributed by atoms with E-state index < -0.39 is 12.0 Å². The number of thiazole rings is 1. The summed E-state index contributed by atoms with van der Waals surface area (Å²) >= 11 is 1.48. The predicted molar refractivity (Wildman–Crippen MR) is 95.0 cm³/mol. The standard InChI is InChI=1S/C18H22N2O3S/c1-11(2)8-15(18(22)23)20-16(21)9-14-10-24-17(19-14)13-6-4-12(3)5-7-13/h4-7,10-11,15H,8-9H2,1-3H3,(H,20,21)(H,22,23). The topological polar surface area (TPSA) is 79.3 Å². The zero-order valence-electron chi connectivity index (χ0n) is 14.1. The molecule has 0 saturated heterocycles. The van der Waals surface area contributed by atoms with Crippen LogP contribution in [0.3, 0.4) is 0 Å². The van der Waals surface area contributed by atoms with Crippen LogP contribution in [0.25, 0.3) is 10.6 Å². The van der Waals surface area contributed by atoms with Gasteiger partial charge in [0.1, 0.15) is 11.0 Å². The van der Waals surface area contributed by atoms with Crippen LogP contribution in [0.2, 0.25) is 0 Å². The number of nitrogens with one attached hydrogen (secondary N) is 1. The summed E-state index contributed by atoms with van der Waals surface area (Å²) in [5.41, 5.74) is 2.85. The Morgan fingerprint density at radius 2 is 1.92 bits per heavy atom. The van der Waals surface area contributed by atoms with E-state index in [2.05, 4.69) is 10.3 Å². The Labute approximate surface area is 145 Å². The lowest BCUT2D eigenvalue weighted by Gasteiger charge is -2.16. The van der Waals surface area contributed by atoms with E-state index in [1.54, 1.807) is 0 Å². The molecule has 1 unspecified atom stereocenters. The van der Waals surface area contributed by atoms with Crippen LogP contribution in [0.15, 0.2) is 29.6 Å². The molecule has 1 aromatic carbocycles. The van der Waals surface area contributed by atoms with Crippen molar-refractivity contribution in [2.24, 2.45) is 5.92 Å². The average molecular weight is 346 g/mol. The van der Waals surface area contributed by atoms with Crippen molar-refractivity contribution < 1.29 is 14.7 Å². The number of aliphatic carboxylic acids is 1. The molecule has 24 heavy (non-hydrogen) atoms. The van der Waals surface area contributed by atoms with Crippen molar-refractivity contribution in [3.05, 3.63) is 40.9 Å². The number of hydrogen-bond acceptors (Lipinski definition) is 4. The maximum Gasteiger partial charge on any atom is 0.326 e. The number of nitrogens with zero attached hydrogens (tertiary/aromatic N) is 1. The number of carboxylic acid groups (broad SMARTS) is 1. The largest absolute Gasteiger partial charge is 0.480 e. The number of rotatable bonds is 7. The van der Waals surface area contributed by atoms with Gasteiger partial charge >= 0.3 is 5.97 Å². The van der Waals surface area contributed by atoms with Crippen LogP contribution in [0.1, 0.15) is 31.5 Å². The molecule has 0 aliphatic carbocycles. The zero-order valence-corrected chi connectivity index (χ0v) is 14.9. The first-order valence-electron chi connectivity index (χ1n) is 7.88. The molecule has 6 heteroatoms. The van der Waals surface area contributed by atoms with Gasteiger partial charge in [0.05, 0.1) is 12.1 Å². The molecule has 0 aliphatic rings. The number of aromatic nitrogens is 1. The molecule has 0 radical (unpaired) electrons. The SMILES string of the molecule is Cc1ccc(-c2nc(CC(=O)NC(CC(C)C)C(=O)O)cs2)cc1. The summed E-state index contributed by atoms with van der Waals surface area (Å²) in [5.74, 6) is -1.13.